The van der Waals surface area contributed by atoms with Crippen molar-refractivity contribution in [2.45, 2.75) is 32.4 Å². The van der Waals surface area contributed by atoms with Crippen LogP contribution in [-0.2, 0) is 4.79 Å². The van der Waals surface area contributed by atoms with Crippen molar-refractivity contribution in [3.63, 3.8) is 0 Å². The van der Waals surface area contributed by atoms with Gasteiger partial charge in [-0.15, -0.1) is 0 Å². The molecule has 13 heavy (non-hydrogen) atoms. The molecule has 0 spiro atoms. The van der Waals surface area contributed by atoms with E-state index in [1.165, 1.54) is 0 Å². The molecule has 78 valence electrons. The zero-order valence-electron chi connectivity index (χ0n) is 8.87. The van der Waals surface area contributed by atoms with Crippen LogP contribution in [0.1, 0.15) is 20.3 Å². The number of carboxylic acids is 1. The Hall–Kier alpha value is -0.610. The molecule has 0 rings (SSSR count). The van der Waals surface area contributed by atoms with Gasteiger partial charge in [0.05, 0.1) is 6.42 Å². The molecule has 4 nitrogen and oxygen atoms in total. The Kier molecular flexibility index (Phi) is 5.66. The summed E-state index contributed by atoms with van der Waals surface area (Å²) in [5.41, 5.74) is 0. The average molecular weight is 188 g/mol. The molecular weight excluding hydrogens is 168 g/mol. The van der Waals surface area contributed by atoms with Crippen LogP contribution >= 0.6 is 0 Å². The van der Waals surface area contributed by atoms with Crippen molar-refractivity contribution in [3.8, 4) is 0 Å². The number of hydrogen-bond acceptors (Lipinski definition) is 3. The molecule has 0 aliphatic carbocycles. The van der Waals surface area contributed by atoms with E-state index in [0.29, 0.717) is 6.04 Å². The van der Waals surface area contributed by atoms with Gasteiger partial charge in [-0.05, 0) is 27.9 Å². The van der Waals surface area contributed by atoms with Crippen molar-refractivity contribution < 1.29 is 9.90 Å². The fourth-order valence-electron chi connectivity index (χ4n) is 1.41. The van der Waals surface area contributed by atoms with Crippen molar-refractivity contribution in [2.75, 3.05) is 20.6 Å². The molecule has 0 fully saturated rings. The first-order valence-electron chi connectivity index (χ1n) is 4.54. The molecule has 0 radical (unpaired) electrons. The van der Waals surface area contributed by atoms with Crippen LogP contribution in [0.3, 0.4) is 0 Å². The average Bonchev–Trinajstić information content (AvgIpc) is 1.80. The Balaban J connectivity index is 3.64. The second-order valence-electron chi connectivity index (χ2n) is 3.83. The molecule has 0 amide bonds. The van der Waals surface area contributed by atoms with Crippen molar-refractivity contribution in [1.29, 1.82) is 0 Å². The molecule has 0 bridgehead atoms. The van der Waals surface area contributed by atoms with Gasteiger partial charge in [0.1, 0.15) is 0 Å². The molecule has 0 saturated heterocycles. The SMILES string of the molecule is CC(CC(=O)O)NC(C)CN(C)C. The van der Waals surface area contributed by atoms with Crippen LogP contribution in [0.2, 0.25) is 0 Å². The quantitative estimate of drug-likeness (QED) is 0.633. The Morgan fingerprint density at radius 3 is 2.31 bits per heavy atom. The fourth-order valence-corrected chi connectivity index (χ4v) is 1.41. The predicted molar refractivity (Wildman–Crippen MR) is 52.9 cm³/mol. The highest BCUT2D eigenvalue weighted by atomic mass is 16.4. The van der Waals surface area contributed by atoms with E-state index in [0.717, 1.165) is 6.54 Å². The van der Waals surface area contributed by atoms with E-state index < -0.39 is 5.97 Å². The number of carboxylic acid groups (broad SMARTS) is 1. The van der Waals surface area contributed by atoms with E-state index in [-0.39, 0.29) is 12.5 Å². The molecule has 0 heterocycles. The Labute approximate surface area is 79.9 Å². The number of likely N-dealkylation sites (N-methyl/N-ethyl adjacent to an activating group) is 1. The highest BCUT2D eigenvalue weighted by molar-refractivity contribution is 5.67. The molecule has 2 unspecified atom stereocenters. The minimum absolute atomic E-state index is 0.0347. The molecule has 2 N–H and O–H groups in total. The molecular formula is C9H20N2O2. The topological polar surface area (TPSA) is 52.6 Å². The van der Waals surface area contributed by atoms with E-state index in [1.807, 2.05) is 21.0 Å². The fraction of sp³-hybridized carbons (Fsp3) is 0.889. The van der Waals surface area contributed by atoms with E-state index in [9.17, 15) is 4.79 Å². The zero-order valence-corrected chi connectivity index (χ0v) is 8.87. The van der Waals surface area contributed by atoms with Crippen molar-refractivity contribution >= 4 is 5.97 Å². The molecule has 0 aliphatic rings. The summed E-state index contributed by atoms with van der Waals surface area (Å²) in [6.45, 7) is 4.86. The first-order valence-corrected chi connectivity index (χ1v) is 4.54. The highest BCUT2D eigenvalue weighted by Gasteiger charge is 2.10. The lowest BCUT2D eigenvalue weighted by molar-refractivity contribution is -0.137. The molecule has 2 atom stereocenters. The van der Waals surface area contributed by atoms with Crippen LogP contribution in [0.4, 0.5) is 0 Å². The maximum atomic E-state index is 10.4. The third-order valence-corrected chi connectivity index (χ3v) is 1.69. The number of hydrogen-bond donors (Lipinski definition) is 2. The minimum Gasteiger partial charge on any atom is -0.481 e. The smallest absolute Gasteiger partial charge is 0.304 e. The Morgan fingerprint density at radius 1 is 1.38 bits per heavy atom. The van der Waals surface area contributed by atoms with Gasteiger partial charge in [-0.1, -0.05) is 0 Å². The first-order chi connectivity index (χ1) is 5.91. The first kappa shape index (κ1) is 12.4. The van der Waals surface area contributed by atoms with Gasteiger partial charge in [-0.3, -0.25) is 4.79 Å². The lowest BCUT2D eigenvalue weighted by atomic mass is 10.2. The van der Waals surface area contributed by atoms with E-state index in [2.05, 4.69) is 17.1 Å². The molecule has 0 aromatic carbocycles. The summed E-state index contributed by atoms with van der Waals surface area (Å²) < 4.78 is 0. The molecule has 0 aromatic rings. The van der Waals surface area contributed by atoms with Crippen LogP contribution in [0.25, 0.3) is 0 Å². The monoisotopic (exact) mass is 188 g/mol. The third kappa shape index (κ3) is 7.74. The van der Waals surface area contributed by atoms with Crippen LogP contribution in [-0.4, -0.2) is 48.7 Å². The van der Waals surface area contributed by atoms with Crippen LogP contribution < -0.4 is 5.32 Å². The predicted octanol–water partition coefficient (Wildman–Crippen LogP) is 0.389. The third-order valence-electron chi connectivity index (χ3n) is 1.69. The second-order valence-corrected chi connectivity index (χ2v) is 3.83. The van der Waals surface area contributed by atoms with Crippen molar-refractivity contribution in [1.82, 2.24) is 10.2 Å². The van der Waals surface area contributed by atoms with Gasteiger partial charge in [0.15, 0.2) is 0 Å². The van der Waals surface area contributed by atoms with Crippen LogP contribution in [0.15, 0.2) is 0 Å². The lowest BCUT2D eigenvalue weighted by Crippen LogP contribution is -2.41. The number of rotatable bonds is 6. The number of nitrogens with zero attached hydrogens (tertiary/aromatic N) is 1. The molecule has 0 aliphatic heterocycles. The summed E-state index contributed by atoms with van der Waals surface area (Å²) in [6.07, 6.45) is 0.178. The number of carbonyl (C=O) groups is 1. The highest BCUT2D eigenvalue weighted by Crippen LogP contribution is 1.94. The van der Waals surface area contributed by atoms with Gasteiger partial charge in [0.25, 0.3) is 0 Å². The van der Waals surface area contributed by atoms with E-state index in [1.54, 1.807) is 0 Å². The second kappa shape index (κ2) is 5.94. The van der Waals surface area contributed by atoms with Gasteiger partial charge in [0.2, 0.25) is 0 Å². The van der Waals surface area contributed by atoms with Crippen LogP contribution in [0.5, 0.6) is 0 Å². The van der Waals surface area contributed by atoms with Crippen molar-refractivity contribution in [3.05, 3.63) is 0 Å². The minimum atomic E-state index is -0.753. The lowest BCUT2D eigenvalue weighted by Gasteiger charge is -2.21. The van der Waals surface area contributed by atoms with E-state index in [4.69, 9.17) is 5.11 Å². The van der Waals surface area contributed by atoms with Crippen molar-refractivity contribution in [2.24, 2.45) is 0 Å². The standard InChI is InChI=1S/C9H20N2O2/c1-7(5-9(12)13)10-8(2)6-11(3)4/h7-8,10H,5-6H2,1-4H3,(H,12,13). The molecule has 4 heteroatoms. The van der Waals surface area contributed by atoms with Crippen LogP contribution in [0, 0.1) is 0 Å². The summed E-state index contributed by atoms with van der Waals surface area (Å²) in [5, 5.41) is 11.7. The summed E-state index contributed by atoms with van der Waals surface area (Å²) in [5.74, 6) is -0.753. The Bertz CT molecular complexity index is 160. The largest absolute Gasteiger partial charge is 0.481 e. The normalized spacial score (nSPS) is 15.8. The zero-order chi connectivity index (χ0) is 10.4. The number of aliphatic carboxylic acids is 1. The summed E-state index contributed by atoms with van der Waals surface area (Å²) in [4.78, 5) is 12.4. The number of nitrogens with one attached hydrogen (secondary N) is 1. The van der Waals surface area contributed by atoms with Gasteiger partial charge in [0, 0.05) is 18.6 Å². The summed E-state index contributed by atoms with van der Waals surface area (Å²) in [6, 6.07) is 0.358. The van der Waals surface area contributed by atoms with Gasteiger partial charge < -0.3 is 15.3 Å². The maximum Gasteiger partial charge on any atom is 0.304 e. The summed E-state index contributed by atoms with van der Waals surface area (Å²) in [7, 11) is 4.00. The van der Waals surface area contributed by atoms with Gasteiger partial charge in [-0.25, -0.2) is 0 Å². The maximum absolute atomic E-state index is 10.4. The molecule has 0 aromatic heterocycles. The molecule has 0 saturated carbocycles. The van der Waals surface area contributed by atoms with E-state index >= 15 is 0 Å². The van der Waals surface area contributed by atoms with Gasteiger partial charge in [-0.2, -0.15) is 0 Å². The van der Waals surface area contributed by atoms with Gasteiger partial charge >= 0.3 is 5.97 Å². The Morgan fingerprint density at radius 2 is 1.92 bits per heavy atom. The summed E-state index contributed by atoms with van der Waals surface area (Å²) >= 11 is 0.